The van der Waals surface area contributed by atoms with E-state index in [0.29, 0.717) is 0 Å². The predicted molar refractivity (Wildman–Crippen MR) is 75.3 cm³/mol. The van der Waals surface area contributed by atoms with Crippen LogP contribution < -0.4 is 4.74 Å². The second-order valence-electron chi connectivity index (χ2n) is 4.15. The van der Waals surface area contributed by atoms with Gasteiger partial charge in [-0.25, -0.2) is 0 Å². The predicted octanol–water partition coefficient (Wildman–Crippen LogP) is 4.50. The van der Waals surface area contributed by atoms with Crippen molar-refractivity contribution in [3.05, 3.63) is 53.6 Å². The first-order valence-corrected chi connectivity index (χ1v) is 6.07. The molecule has 0 atom stereocenters. The van der Waals surface area contributed by atoms with E-state index in [0.717, 1.165) is 32.9 Å². The lowest BCUT2D eigenvalue weighted by molar-refractivity contribution is 0.415. The Morgan fingerprint density at radius 2 is 1.94 bits per heavy atom. The molecule has 0 aliphatic rings. The zero-order valence-electron chi connectivity index (χ0n) is 9.91. The van der Waals surface area contributed by atoms with Gasteiger partial charge in [-0.1, -0.05) is 23.7 Å². The third-order valence-corrected chi connectivity index (χ3v) is 3.20. The molecule has 0 aliphatic carbocycles. The summed E-state index contributed by atoms with van der Waals surface area (Å²) in [5, 5.41) is 1.87. The smallest absolute Gasteiger partial charge is 0.119 e. The van der Waals surface area contributed by atoms with Crippen LogP contribution in [0.3, 0.4) is 0 Å². The fourth-order valence-corrected chi connectivity index (χ4v) is 2.24. The molecule has 2 nitrogen and oxygen atoms in total. The van der Waals surface area contributed by atoms with Gasteiger partial charge in [0.2, 0.25) is 0 Å². The molecule has 1 heterocycles. The summed E-state index contributed by atoms with van der Waals surface area (Å²) >= 11 is 6.01. The lowest BCUT2D eigenvalue weighted by Crippen LogP contribution is -1.80. The van der Waals surface area contributed by atoms with Crippen molar-refractivity contribution in [2.24, 2.45) is 0 Å². The Kier molecular flexibility index (Phi) is 2.73. The zero-order valence-corrected chi connectivity index (χ0v) is 10.7. The molecule has 0 bridgehead atoms. The first-order chi connectivity index (χ1) is 8.76. The van der Waals surface area contributed by atoms with Crippen LogP contribution in [0.1, 0.15) is 0 Å². The molecule has 3 aromatic rings. The monoisotopic (exact) mass is 257 g/mol. The molecule has 0 radical (unpaired) electrons. The average Bonchev–Trinajstić information content (AvgIpc) is 2.81. The van der Waals surface area contributed by atoms with Crippen molar-refractivity contribution < 1.29 is 4.74 Å². The van der Waals surface area contributed by atoms with Crippen molar-refractivity contribution in [3.63, 3.8) is 0 Å². The van der Waals surface area contributed by atoms with Crippen LogP contribution in [0.2, 0.25) is 5.02 Å². The number of nitrogens with one attached hydrogen (secondary N) is 1. The molecule has 0 amide bonds. The topological polar surface area (TPSA) is 25.0 Å². The minimum absolute atomic E-state index is 0.740. The highest BCUT2D eigenvalue weighted by Gasteiger charge is 2.04. The van der Waals surface area contributed by atoms with Crippen molar-refractivity contribution in [1.29, 1.82) is 0 Å². The fourth-order valence-electron chi connectivity index (χ4n) is 2.05. The molecule has 0 unspecified atom stereocenters. The van der Waals surface area contributed by atoms with Crippen molar-refractivity contribution in [3.8, 4) is 17.0 Å². The van der Waals surface area contributed by atoms with Crippen LogP contribution in [0.5, 0.6) is 5.75 Å². The summed E-state index contributed by atoms with van der Waals surface area (Å²) in [6.07, 6.45) is 0. The summed E-state index contributed by atoms with van der Waals surface area (Å²) in [6, 6.07) is 15.9. The molecule has 1 aromatic heterocycles. The van der Waals surface area contributed by atoms with Gasteiger partial charge in [-0.05, 0) is 42.0 Å². The van der Waals surface area contributed by atoms with Gasteiger partial charge in [0.1, 0.15) is 5.75 Å². The average molecular weight is 258 g/mol. The van der Waals surface area contributed by atoms with E-state index in [9.17, 15) is 0 Å². The Morgan fingerprint density at radius 3 is 2.72 bits per heavy atom. The standard InChI is InChI=1S/C15H12ClNO/c1-18-13-5-6-14-11(8-13)9-15(17-14)10-3-2-4-12(16)7-10/h2-9,17H,1H3. The number of rotatable bonds is 2. The summed E-state index contributed by atoms with van der Waals surface area (Å²) in [6.45, 7) is 0. The van der Waals surface area contributed by atoms with E-state index >= 15 is 0 Å². The summed E-state index contributed by atoms with van der Waals surface area (Å²) in [5.41, 5.74) is 3.23. The number of fused-ring (bicyclic) bond motifs is 1. The van der Waals surface area contributed by atoms with E-state index in [1.165, 1.54) is 0 Å². The Balaban J connectivity index is 2.13. The number of aromatic amines is 1. The Hall–Kier alpha value is -1.93. The summed E-state index contributed by atoms with van der Waals surface area (Å²) in [4.78, 5) is 3.38. The van der Waals surface area contributed by atoms with Crippen LogP contribution in [0.25, 0.3) is 22.2 Å². The molecule has 18 heavy (non-hydrogen) atoms. The highest BCUT2D eigenvalue weighted by atomic mass is 35.5. The molecule has 0 saturated carbocycles. The molecule has 90 valence electrons. The third kappa shape index (κ3) is 1.95. The minimum Gasteiger partial charge on any atom is -0.497 e. The molecule has 3 heteroatoms. The van der Waals surface area contributed by atoms with Gasteiger partial charge >= 0.3 is 0 Å². The number of H-pyrrole nitrogens is 1. The summed E-state index contributed by atoms with van der Waals surface area (Å²) < 4.78 is 5.22. The molecule has 0 fully saturated rings. The molecule has 0 spiro atoms. The highest BCUT2D eigenvalue weighted by molar-refractivity contribution is 6.30. The van der Waals surface area contributed by atoms with E-state index in [4.69, 9.17) is 16.3 Å². The van der Waals surface area contributed by atoms with Crippen LogP contribution in [0.4, 0.5) is 0 Å². The minimum atomic E-state index is 0.740. The second-order valence-corrected chi connectivity index (χ2v) is 4.58. The maximum absolute atomic E-state index is 6.01. The van der Waals surface area contributed by atoms with E-state index in [-0.39, 0.29) is 0 Å². The third-order valence-electron chi connectivity index (χ3n) is 2.96. The Morgan fingerprint density at radius 1 is 1.06 bits per heavy atom. The van der Waals surface area contributed by atoms with Gasteiger partial charge < -0.3 is 9.72 Å². The van der Waals surface area contributed by atoms with Crippen LogP contribution >= 0.6 is 11.6 Å². The molecule has 2 aromatic carbocycles. The van der Waals surface area contributed by atoms with Gasteiger partial charge in [0.25, 0.3) is 0 Å². The number of halogens is 1. The summed E-state index contributed by atoms with van der Waals surface area (Å²) in [5.74, 6) is 0.860. The van der Waals surface area contributed by atoms with E-state index < -0.39 is 0 Å². The van der Waals surface area contributed by atoms with Gasteiger partial charge in [0.15, 0.2) is 0 Å². The SMILES string of the molecule is COc1ccc2[nH]c(-c3cccc(Cl)c3)cc2c1. The number of benzene rings is 2. The first-order valence-electron chi connectivity index (χ1n) is 5.69. The van der Waals surface area contributed by atoms with E-state index in [2.05, 4.69) is 11.1 Å². The molecule has 3 rings (SSSR count). The number of hydrogen-bond acceptors (Lipinski definition) is 1. The fraction of sp³-hybridized carbons (Fsp3) is 0.0667. The molecule has 0 aliphatic heterocycles. The van der Waals surface area contributed by atoms with Crippen LogP contribution in [-0.2, 0) is 0 Å². The largest absolute Gasteiger partial charge is 0.497 e. The van der Waals surface area contributed by atoms with Crippen molar-refractivity contribution in [2.75, 3.05) is 7.11 Å². The number of aromatic nitrogens is 1. The number of ether oxygens (including phenoxy) is 1. The van der Waals surface area contributed by atoms with E-state index in [1.54, 1.807) is 7.11 Å². The Labute approximate surface area is 110 Å². The molecular weight excluding hydrogens is 246 g/mol. The molecular formula is C15H12ClNO. The zero-order chi connectivity index (χ0) is 12.5. The molecule has 1 N–H and O–H groups in total. The van der Waals surface area contributed by atoms with Gasteiger partial charge in [-0.15, -0.1) is 0 Å². The van der Waals surface area contributed by atoms with Gasteiger partial charge in [-0.3, -0.25) is 0 Å². The number of hydrogen-bond donors (Lipinski definition) is 1. The maximum atomic E-state index is 6.01. The van der Waals surface area contributed by atoms with Gasteiger partial charge in [0, 0.05) is 21.6 Å². The lowest BCUT2D eigenvalue weighted by Gasteiger charge is -1.97. The first kappa shape index (κ1) is 11.2. The van der Waals surface area contributed by atoms with Crippen LogP contribution in [0, 0.1) is 0 Å². The van der Waals surface area contributed by atoms with Gasteiger partial charge in [-0.2, -0.15) is 0 Å². The lowest BCUT2D eigenvalue weighted by atomic mass is 10.1. The van der Waals surface area contributed by atoms with Crippen LogP contribution in [-0.4, -0.2) is 12.1 Å². The molecule has 0 saturated heterocycles. The second kappa shape index (κ2) is 4.39. The van der Waals surface area contributed by atoms with Crippen LogP contribution in [0.15, 0.2) is 48.5 Å². The summed E-state index contributed by atoms with van der Waals surface area (Å²) in [7, 11) is 1.67. The van der Waals surface area contributed by atoms with Crippen molar-refractivity contribution in [1.82, 2.24) is 4.98 Å². The van der Waals surface area contributed by atoms with E-state index in [1.807, 2.05) is 42.5 Å². The van der Waals surface area contributed by atoms with Crippen molar-refractivity contribution >= 4 is 22.5 Å². The van der Waals surface area contributed by atoms with Crippen molar-refractivity contribution in [2.45, 2.75) is 0 Å². The highest BCUT2D eigenvalue weighted by Crippen LogP contribution is 2.28. The number of methoxy groups -OCH3 is 1. The normalized spacial score (nSPS) is 10.8. The Bertz CT molecular complexity index is 703. The quantitative estimate of drug-likeness (QED) is 0.719. The maximum Gasteiger partial charge on any atom is 0.119 e. The van der Waals surface area contributed by atoms with Gasteiger partial charge in [0.05, 0.1) is 7.11 Å².